The van der Waals surface area contributed by atoms with Crippen molar-refractivity contribution in [2.45, 2.75) is 32.7 Å². The Hall–Kier alpha value is -1.40. The van der Waals surface area contributed by atoms with Crippen molar-refractivity contribution in [1.82, 2.24) is 5.32 Å². The maximum absolute atomic E-state index is 13.5. The van der Waals surface area contributed by atoms with Gasteiger partial charge in [-0.2, -0.15) is 5.26 Å². The third-order valence-corrected chi connectivity index (χ3v) is 3.70. The molecule has 1 fully saturated rings. The quantitative estimate of drug-likeness (QED) is 0.847. The molecule has 17 heavy (non-hydrogen) atoms. The van der Waals surface area contributed by atoms with Gasteiger partial charge in [-0.1, -0.05) is 6.92 Å². The Balaban J connectivity index is 1.92. The molecule has 0 aliphatic heterocycles. The van der Waals surface area contributed by atoms with Gasteiger partial charge in [0.15, 0.2) is 0 Å². The van der Waals surface area contributed by atoms with Crippen LogP contribution >= 0.6 is 0 Å². The van der Waals surface area contributed by atoms with Crippen LogP contribution in [0.3, 0.4) is 0 Å². The molecule has 0 unspecified atom stereocenters. The Morgan fingerprint density at radius 3 is 2.82 bits per heavy atom. The van der Waals surface area contributed by atoms with Crippen LogP contribution in [0.4, 0.5) is 4.39 Å². The molecule has 0 radical (unpaired) electrons. The Labute approximate surface area is 101 Å². The van der Waals surface area contributed by atoms with Crippen LogP contribution in [0.2, 0.25) is 0 Å². The predicted molar refractivity (Wildman–Crippen MR) is 64.8 cm³/mol. The molecule has 1 aromatic carbocycles. The molecule has 0 aromatic heterocycles. The zero-order valence-electron chi connectivity index (χ0n) is 10.1. The molecule has 1 aliphatic carbocycles. The Kier molecular flexibility index (Phi) is 3.44. The van der Waals surface area contributed by atoms with Gasteiger partial charge in [0.1, 0.15) is 5.82 Å². The van der Waals surface area contributed by atoms with Crippen LogP contribution in [0, 0.1) is 22.6 Å². The molecule has 90 valence electrons. The zero-order valence-corrected chi connectivity index (χ0v) is 10.1. The minimum Gasteiger partial charge on any atom is -0.312 e. The van der Waals surface area contributed by atoms with E-state index >= 15 is 0 Å². The lowest BCUT2D eigenvalue weighted by atomic mass is 10.0. The number of hydrogen-bond acceptors (Lipinski definition) is 2. The molecule has 3 heteroatoms. The van der Waals surface area contributed by atoms with Gasteiger partial charge in [-0.3, -0.25) is 0 Å². The summed E-state index contributed by atoms with van der Waals surface area (Å²) in [6.45, 7) is 3.65. The molecule has 0 amide bonds. The third kappa shape index (κ3) is 2.83. The van der Waals surface area contributed by atoms with Gasteiger partial charge in [-0.25, -0.2) is 4.39 Å². The van der Waals surface area contributed by atoms with Crippen LogP contribution in [-0.2, 0) is 6.54 Å². The van der Waals surface area contributed by atoms with Gasteiger partial charge in [0.2, 0.25) is 0 Å². The summed E-state index contributed by atoms with van der Waals surface area (Å²) in [5.74, 6) is -0.238. The summed E-state index contributed by atoms with van der Waals surface area (Å²) in [6.07, 6.45) is 3.73. The van der Waals surface area contributed by atoms with Gasteiger partial charge in [0, 0.05) is 18.7 Å². The zero-order chi connectivity index (χ0) is 12.3. The van der Waals surface area contributed by atoms with Crippen molar-refractivity contribution in [2.24, 2.45) is 5.41 Å². The number of nitrogens with one attached hydrogen (secondary N) is 1. The molecule has 0 spiro atoms. The number of halogens is 1. The van der Waals surface area contributed by atoms with Crippen LogP contribution < -0.4 is 5.32 Å². The molecule has 0 saturated heterocycles. The van der Waals surface area contributed by atoms with E-state index in [2.05, 4.69) is 12.2 Å². The number of nitriles is 1. The molecule has 1 aliphatic rings. The Morgan fingerprint density at radius 1 is 1.47 bits per heavy atom. The van der Waals surface area contributed by atoms with E-state index in [1.165, 1.54) is 31.4 Å². The third-order valence-electron chi connectivity index (χ3n) is 3.70. The van der Waals surface area contributed by atoms with Gasteiger partial charge in [-0.15, -0.1) is 0 Å². The van der Waals surface area contributed by atoms with Gasteiger partial charge in [-0.05, 0) is 42.9 Å². The predicted octanol–water partition coefficient (Wildman–Crippen LogP) is 2.98. The second-order valence-electron chi connectivity index (χ2n) is 4.88. The van der Waals surface area contributed by atoms with Gasteiger partial charge in [0.05, 0.1) is 11.6 Å². The first-order valence-corrected chi connectivity index (χ1v) is 6.08. The molecular formula is C14H17FN2. The topological polar surface area (TPSA) is 35.8 Å². The van der Waals surface area contributed by atoms with Crippen LogP contribution in [0.5, 0.6) is 0 Å². The van der Waals surface area contributed by atoms with Crippen molar-refractivity contribution in [2.75, 3.05) is 6.54 Å². The lowest BCUT2D eigenvalue weighted by Crippen LogP contribution is -2.23. The normalized spacial score (nSPS) is 16.5. The highest BCUT2D eigenvalue weighted by atomic mass is 19.1. The maximum Gasteiger partial charge on any atom is 0.127 e. The minimum absolute atomic E-state index is 0.238. The fraction of sp³-hybridized carbons (Fsp3) is 0.500. The highest BCUT2D eigenvalue weighted by molar-refractivity contribution is 5.33. The lowest BCUT2D eigenvalue weighted by molar-refractivity contribution is 0.440. The number of rotatable bonds is 5. The summed E-state index contributed by atoms with van der Waals surface area (Å²) < 4.78 is 13.5. The van der Waals surface area contributed by atoms with Crippen LogP contribution in [0.1, 0.15) is 37.3 Å². The standard InChI is InChI=1S/C14H17FN2/c1-2-14(5-6-14)10-17-9-12-7-11(8-16)3-4-13(12)15/h3-4,7,17H,2,5-6,9-10H2,1H3. The summed E-state index contributed by atoms with van der Waals surface area (Å²) in [4.78, 5) is 0. The van der Waals surface area contributed by atoms with Crippen LogP contribution in [0.15, 0.2) is 18.2 Å². The van der Waals surface area contributed by atoms with Crippen molar-refractivity contribution in [1.29, 1.82) is 5.26 Å². The fourth-order valence-electron chi connectivity index (χ4n) is 2.07. The van der Waals surface area contributed by atoms with E-state index in [1.54, 1.807) is 6.07 Å². The SMILES string of the molecule is CCC1(CNCc2cc(C#N)ccc2F)CC1. The first-order chi connectivity index (χ1) is 8.19. The Morgan fingerprint density at radius 2 is 2.24 bits per heavy atom. The van der Waals surface area contributed by atoms with E-state index in [0.717, 1.165) is 6.54 Å². The molecule has 0 heterocycles. The highest BCUT2D eigenvalue weighted by Gasteiger charge is 2.39. The number of nitrogens with zero attached hydrogens (tertiary/aromatic N) is 1. The smallest absolute Gasteiger partial charge is 0.127 e. The summed E-state index contributed by atoms with van der Waals surface area (Å²) in [5.41, 5.74) is 1.55. The first kappa shape index (κ1) is 12.1. The fourth-order valence-corrected chi connectivity index (χ4v) is 2.07. The Bertz CT molecular complexity index is 444. The molecule has 0 bridgehead atoms. The summed E-state index contributed by atoms with van der Waals surface area (Å²) in [5, 5.41) is 12.1. The maximum atomic E-state index is 13.5. The van der Waals surface area contributed by atoms with Gasteiger partial charge in [0.25, 0.3) is 0 Å². The van der Waals surface area contributed by atoms with Crippen molar-refractivity contribution in [3.63, 3.8) is 0 Å². The van der Waals surface area contributed by atoms with E-state index in [-0.39, 0.29) is 5.82 Å². The molecule has 0 atom stereocenters. The average molecular weight is 232 g/mol. The average Bonchev–Trinajstić information content (AvgIpc) is 3.12. The monoisotopic (exact) mass is 232 g/mol. The van der Waals surface area contributed by atoms with Crippen molar-refractivity contribution in [3.05, 3.63) is 35.1 Å². The first-order valence-electron chi connectivity index (χ1n) is 6.08. The van der Waals surface area contributed by atoms with E-state index in [1.807, 2.05) is 6.07 Å². The largest absolute Gasteiger partial charge is 0.312 e. The molecule has 1 aromatic rings. The van der Waals surface area contributed by atoms with E-state index in [4.69, 9.17) is 5.26 Å². The van der Waals surface area contributed by atoms with Crippen molar-refractivity contribution in [3.8, 4) is 6.07 Å². The minimum atomic E-state index is -0.238. The second kappa shape index (κ2) is 4.85. The number of hydrogen-bond donors (Lipinski definition) is 1. The number of benzene rings is 1. The molecule has 2 nitrogen and oxygen atoms in total. The molecule has 1 N–H and O–H groups in total. The van der Waals surface area contributed by atoms with Crippen LogP contribution in [0.25, 0.3) is 0 Å². The molecule has 1 saturated carbocycles. The summed E-state index contributed by atoms with van der Waals surface area (Å²) >= 11 is 0. The summed E-state index contributed by atoms with van der Waals surface area (Å²) in [6, 6.07) is 6.52. The second-order valence-corrected chi connectivity index (χ2v) is 4.88. The summed E-state index contributed by atoms with van der Waals surface area (Å²) in [7, 11) is 0. The van der Waals surface area contributed by atoms with Gasteiger partial charge >= 0.3 is 0 Å². The van der Waals surface area contributed by atoms with E-state index in [9.17, 15) is 4.39 Å². The van der Waals surface area contributed by atoms with Crippen molar-refractivity contribution < 1.29 is 4.39 Å². The molecule has 2 rings (SSSR count). The van der Waals surface area contributed by atoms with Crippen LogP contribution in [-0.4, -0.2) is 6.54 Å². The van der Waals surface area contributed by atoms with E-state index in [0.29, 0.717) is 23.1 Å². The van der Waals surface area contributed by atoms with Crippen molar-refractivity contribution >= 4 is 0 Å². The lowest BCUT2D eigenvalue weighted by Gasteiger charge is -2.13. The van der Waals surface area contributed by atoms with E-state index < -0.39 is 0 Å². The molecular weight excluding hydrogens is 215 g/mol. The van der Waals surface area contributed by atoms with Gasteiger partial charge < -0.3 is 5.32 Å². The highest BCUT2D eigenvalue weighted by Crippen LogP contribution is 2.47.